The van der Waals surface area contributed by atoms with Crippen molar-refractivity contribution in [2.45, 2.75) is 19.8 Å². The van der Waals surface area contributed by atoms with E-state index in [0.29, 0.717) is 0 Å². The molecule has 0 spiro atoms. The minimum Gasteiger partial charge on any atom is -1.00 e. The van der Waals surface area contributed by atoms with Crippen LogP contribution in [0.5, 0.6) is 0 Å². The van der Waals surface area contributed by atoms with Crippen molar-refractivity contribution in [3.63, 3.8) is 0 Å². The van der Waals surface area contributed by atoms with Gasteiger partial charge in [-0.15, -0.1) is 0 Å². The molecule has 0 aliphatic rings. The monoisotopic (exact) mass is 232 g/mol. The second kappa shape index (κ2) is 8.28. The summed E-state index contributed by atoms with van der Waals surface area (Å²) in [5, 5.41) is 0. The van der Waals surface area contributed by atoms with Gasteiger partial charge in [0, 0.05) is 6.42 Å². The Hall–Kier alpha value is 0.956. The summed E-state index contributed by atoms with van der Waals surface area (Å²) in [6.07, 6.45) is 3.30. The number of allylic oxidation sites excluding steroid dienone is 2. The normalized spacial score (nSPS) is 11.2. The van der Waals surface area contributed by atoms with Gasteiger partial charge in [0.1, 0.15) is 0 Å². The minimum absolute atomic E-state index is 0. The van der Waals surface area contributed by atoms with Gasteiger partial charge in [-0.25, -0.2) is 0 Å². The molecule has 0 radical (unpaired) electrons. The van der Waals surface area contributed by atoms with Crippen LogP contribution in [0.3, 0.4) is 0 Å². The molecule has 0 heterocycles. The molecule has 4 nitrogen and oxygen atoms in total. The van der Waals surface area contributed by atoms with Crippen LogP contribution in [-0.2, 0) is 14.9 Å². The van der Waals surface area contributed by atoms with Gasteiger partial charge in [0.15, 0.2) is 5.78 Å². The van der Waals surface area contributed by atoms with E-state index in [9.17, 15) is 13.2 Å². The van der Waals surface area contributed by atoms with Crippen molar-refractivity contribution >= 4 is 15.9 Å². The van der Waals surface area contributed by atoms with Gasteiger partial charge in [0.25, 0.3) is 10.1 Å². The molecule has 0 aromatic heterocycles. The molecule has 0 saturated carbocycles. The van der Waals surface area contributed by atoms with Crippen molar-refractivity contribution in [1.29, 1.82) is 0 Å². The number of carbonyl (C=O) groups excluding carboxylic acids is 1. The van der Waals surface area contributed by atoms with Gasteiger partial charge in [-0.2, -0.15) is 8.42 Å². The second-order valence-corrected chi connectivity index (χ2v) is 3.93. The van der Waals surface area contributed by atoms with Gasteiger partial charge in [-0.3, -0.25) is 9.35 Å². The molecule has 0 atom stereocenters. The largest absolute Gasteiger partial charge is 1.00 e. The number of carbonyl (C=O) groups is 1. The fraction of sp³-hybridized carbons (Fsp3) is 0.571. The van der Waals surface area contributed by atoms with Gasteiger partial charge in [0.2, 0.25) is 0 Å². The first-order valence-electron chi connectivity index (χ1n) is 3.56. The van der Waals surface area contributed by atoms with Crippen molar-refractivity contribution < 1.29 is 70.6 Å². The van der Waals surface area contributed by atoms with Crippen LogP contribution in [0, 0.1) is 0 Å². The third-order valence-corrected chi connectivity index (χ3v) is 1.98. The van der Waals surface area contributed by atoms with E-state index < -0.39 is 10.1 Å². The van der Waals surface area contributed by atoms with Gasteiger partial charge in [0.05, 0.1) is 5.75 Å². The van der Waals surface area contributed by atoms with Crippen molar-refractivity contribution in [2.75, 3.05) is 5.75 Å². The fourth-order valence-electron chi connectivity index (χ4n) is 0.698. The summed E-state index contributed by atoms with van der Waals surface area (Å²) in [4.78, 5) is 10.8. The average molecular weight is 232 g/mol. The molecular weight excluding hydrogens is 219 g/mol. The molecule has 0 aliphatic heterocycles. The third kappa shape index (κ3) is 13.0. The van der Waals surface area contributed by atoms with Gasteiger partial charge in [-0.05, 0) is 19.4 Å². The molecule has 0 fully saturated rings. The molecule has 0 unspecified atom stereocenters. The smallest absolute Gasteiger partial charge is 1.00 e. The Morgan fingerprint density at radius 3 is 2.46 bits per heavy atom. The fourth-order valence-corrected chi connectivity index (χ4v) is 1.21. The zero-order valence-corrected chi connectivity index (χ0v) is 11.8. The van der Waals surface area contributed by atoms with E-state index >= 15 is 0 Å². The summed E-state index contributed by atoms with van der Waals surface area (Å²) in [7, 11) is -3.91. The number of ketones is 1. The predicted molar refractivity (Wildman–Crippen MR) is 46.6 cm³/mol. The Morgan fingerprint density at radius 2 is 2.08 bits per heavy atom. The van der Waals surface area contributed by atoms with Crippen LogP contribution < -0.4 is 51.4 Å². The molecule has 6 heteroatoms. The van der Waals surface area contributed by atoms with Gasteiger partial charge in [-0.1, -0.05) is 6.08 Å². The first-order chi connectivity index (χ1) is 5.45. The third-order valence-electron chi connectivity index (χ3n) is 1.18. The molecule has 0 aliphatic carbocycles. The van der Waals surface area contributed by atoms with Crippen LogP contribution in [0.1, 0.15) is 21.2 Å². The molecule has 13 heavy (non-hydrogen) atoms. The van der Waals surface area contributed by atoms with Crippen molar-refractivity contribution in [1.82, 2.24) is 0 Å². The summed E-state index contributed by atoms with van der Waals surface area (Å²) in [5.41, 5.74) is 0. The molecule has 0 amide bonds. The van der Waals surface area contributed by atoms with Crippen LogP contribution in [0.15, 0.2) is 12.2 Å². The maximum absolute atomic E-state index is 10.8. The van der Waals surface area contributed by atoms with Crippen LogP contribution in [0.2, 0.25) is 0 Å². The molecule has 0 aromatic rings. The van der Waals surface area contributed by atoms with E-state index in [-0.39, 0.29) is 77.2 Å². The van der Waals surface area contributed by atoms with Gasteiger partial charge < -0.3 is 1.43 Å². The number of hydrogen-bond acceptors (Lipinski definition) is 3. The van der Waals surface area contributed by atoms with Gasteiger partial charge >= 0.3 is 51.4 Å². The maximum Gasteiger partial charge on any atom is 1.00 e. The second-order valence-electron chi connectivity index (χ2n) is 2.36. The Balaban J connectivity index is -0.000000605. The van der Waals surface area contributed by atoms with E-state index in [1.165, 1.54) is 6.08 Å². The average Bonchev–Trinajstić information content (AvgIpc) is 1.84. The summed E-state index contributed by atoms with van der Waals surface area (Å²) in [6, 6.07) is 0. The van der Waals surface area contributed by atoms with Crippen LogP contribution in [0.25, 0.3) is 0 Å². The number of hydrogen-bond donors (Lipinski definition) is 1. The summed E-state index contributed by atoms with van der Waals surface area (Å²) < 4.78 is 28.7. The molecule has 0 aromatic carbocycles. The summed E-state index contributed by atoms with van der Waals surface area (Å²) >= 11 is 0. The van der Waals surface area contributed by atoms with Crippen molar-refractivity contribution in [2.24, 2.45) is 0 Å². The first kappa shape index (κ1) is 16.4. The van der Waals surface area contributed by atoms with Crippen LogP contribution in [-0.4, -0.2) is 24.5 Å². The Morgan fingerprint density at radius 1 is 1.54 bits per heavy atom. The van der Waals surface area contributed by atoms with E-state index in [1.807, 2.05) is 0 Å². The Bertz CT molecular complexity index is 273. The minimum atomic E-state index is -3.91. The molecular formula is C7H13KO4S. The SMILES string of the molecule is CC=CC(=O)CCCS(=O)(=O)O.[H-].[K+]. The Labute approximate surface area is 122 Å². The predicted octanol–water partition coefficient (Wildman–Crippen LogP) is -2.08. The van der Waals surface area contributed by atoms with Crippen molar-refractivity contribution in [3.8, 4) is 0 Å². The Kier molecular flexibility index (Phi) is 10.4. The summed E-state index contributed by atoms with van der Waals surface area (Å²) in [5.74, 6) is -0.475. The van der Waals surface area contributed by atoms with E-state index in [2.05, 4.69) is 0 Å². The molecule has 72 valence electrons. The van der Waals surface area contributed by atoms with E-state index in [4.69, 9.17) is 4.55 Å². The quantitative estimate of drug-likeness (QED) is 0.335. The first-order valence-corrected chi connectivity index (χ1v) is 5.17. The molecule has 0 rings (SSSR count). The maximum atomic E-state index is 10.8. The zero-order chi connectivity index (χ0) is 9.61. The van der Waals surface area contributed by atoms with Crippen LogP contribution in [0.4, 0.5) is 0 Å². The zero-order valence-electron chi connectivity index (χ0n) is 8.86. The van der Waals surface area contributed by atoms with Crippen LogP contribution >= 0.6 is 0 Å². The summed E-state index contributed by atoms with van der Waals surface area (Å²) in [6.45, 7) is 1.71. The molecule has 1 N–H and O–H groups in total. The van der Waals surface area contributed by atoms with E-state index in [1.54, 1.807) is 13.0 Å². The topological polar surface area (TPSA) is 71.4 Å². The van der Waals surface area contributed by atoms with E-state index in [0.717, 1.165) is 0 Å². The number of rotatable bonds is 5. The molecule has 0 bridgehead atoms. The molecule has 0 saturated heterocycles. The standard InChI is InChI=1S/C7H12O4S.K.H/c1-2-4-7(8)5-3-6-12(9,10)11;;/h2,4H,3,5-6H2,1H3,(H,9,10,11);;/q;+1;-1. The van der Waals surface area contributed by atoms with Crippen molar-refractivity contribution in [3.05, 3.63) is 12.2 Å².